The highest BCUT2D eigenvalue weighted by molar-refractivity contribution is 4.73. The molecule has 0 aromatic carbocycles. The number of hydrogen-bond donors (Lipinski definition) is 2. The standard InChI is InChI=1S/C12H26N2/c1-2-11-4-6-12(7-5-11)10-14-9-3-8-13/h11-12,14H,2-10,13H2,1H3. The lowest BCUT2D eigenvalue weighted by atomic mass is 9.81. The number of rotatable bonds is 6. The highest BCUT2D eigenvalue weighted by Gasteiger charge is 2.19. The normalized spacial score (nSPS) is 27.9. The number of nitrogens with two attached hydrogens (primary N) is 1. The van der Waals surface area contributed by atoms with Gasteiger partial charge in [-0.1, -0.05) is 26.2 Å². The van der Waals surface area contributed by atoms with E-state index < -0.39 is 0 Å². The van der Waals surface area contributed by atoms with Gasteiger partial charge in [-0.2, -0.15) is 0 Å². The molecule has 1 rings (SSSR count). The summed E-state index contributed by atoms with van der Waals surface area (Å²) in [5, 5.41) is 3.51. The fourth-order valence-electron chi connectivity index (χ4n) is 2.38. The van der Waals surface area contributed by atoms with E-state index in [9.17, 15) is 0 Å². The van der Waals surface area contributed by atoms with Crippen molar-refractivity contribution in [2.24, 2.45) is 17.6 Å². The van der Waals surface area contributed by atoms with Crippen LogP contribution in [0.25, 0.3) is 0 Å². The van der Waals surface area contributed by atoms with Crippen LogP contribution in [0.3, 0.4) is 0 Å². The fourth-order valence-corrected chi connectivity index (χ4v) is 2.38. The third-order valence-electron chi connectivity index (χ3n) is 3.53. The van der Waals surface area contributed by atoms with E-state index in [1.807, 2.05) is 0 Å². The van der Waals surface area contributed by atoms with Gasteiger partial charge in [0.2, 0.25) is 0 Å². The van der Waals surface area contributed by atoms with Crippen molar-refractivity contribution < 1.29 is 0 Å². The second-order valence-electron chi connectivity index (χ2n) is 4.64. The summed E-state index contributed by atoms with van der Waals surface area (Å²) < 4.78 is 0. The van der Waals surface area contributed by atoms with Gasteiger partial charge in [0.15, 0.2) is 0 Å². The molecule has 0 saturated heterocycles. The molecular formula is C12H26N2. The van der Waals surface area contributed by atoms with Crippen LogP contribution < -0.4 is 11.1 Å². The van der Waals surface area contributed by atoms with Crippen LogP contribution in [-0.4, -0.2) is 19.6 Å². The topological polar surface area (TPSA) is 38.0 Å². The molecule has 0 amide bonds. The molecule has 84 valence electrons. The van der Waals surface area contributed by atoms with Crippen molar-refractivity contribution in [2.75, 3.05) is 19.6 Å². The molecule has 0 spiro atoms. The van der Waals surface area contributed by atoms with Crippen LogP contribution in [0.4, 0.5) is 0 Å². The van der Waals surface area contributed by atoms with E-state index in [1.165, 1.54) is 38.6 Å². The molecule has 0 heterocycles. The Morgan fingerprint density at radius 3 is 2.36 bits per heavy atom. The van der Waals surface area contributed by atoms with Crippen molar-refractivity contribution in [2.45, 2.75) is 45.4 Å². The first kappa shape index (κ1) is 12.0. The highest BCUT2D eigenvalue weighted by Crippen LogP contribution is 2.29. The minimum Gasteiger partial charge on any atom is -0.330 e. The predicted octanol–water partition coefficient (Wildman–Crippen LogP) is 2.14. The molecule has 0 radical (unpaired) electrons. The molecule has 1 aliphatic carbocycles. The summed E-state index contributed by atoms with van der Waals surface area (Å²) >= 11 is 0. The average Bonchev–Trinajstić information content (AvgIpc) is 2.25. The van der Waals surface area contributed by atoms with E-state index in [0.717, 1.165) is 31.3 Å². The lowest BCUT2D eigenvalue weighted by Gasteiger charge is -2.27. The van der Waals surface area contributed by atoms with Gasteiger partial charge >= 0.3 is 0 Å². The van der Waals surface area contributed by atoms with Gasteiger partial charge in [0.05, 0.1) is 0 Å². The SMILES string of the molecule is CCC1CCC(CNCCCN)CC1. The maximum Gasteiger partial charge on any atom is -0.00205 e. The second kappa shape index (κ2) is 7.24. The average molecular weight is 198 g/mol. The second-order valence-corrected chi connectivity index (χ2v) is 4.64. The summed E-state index contributed by atoms with van der Waals surface area (Å²) in [6.07, 6.45) is 8.29. The van der Waals surface area contributed by atoms with Crippen LogP contribution in [0.2, 0.25) is 0 Å². The molecule has 2 nitrogen and oxygen atoms in total. The van der Waals surface area contributed by atoms with Gasteiger partial charge < -0.3 is 11.1 Å². The Balaban J connectivity index is 1.98. The van der Waals surface area contributed by atoms with E-state index in [2.05, 4.69) is 12.2 Å². The van der Waals surface area contributed by atoms with Gasteiger partial charge in [-0.25, -0.2) is 0 Å². The third-order valence-corrected chi connectivity index (χ3v) is 3.53. The lowest BCUT2D eigenvalue weighted by Crippen LogP contribution is -2.28. The molecule has 3 N–H and O–H groups in total. The zero-order chi connectivity index (χ0) is 10.2. The Kier molecular flexibility index (Phi) is 6.20. The molecule has 0 atom stereocenters. The van der Waals surface area contributed by atoms with Crippen LogP contribution in [0.5, 0.6) is 0 Å². The smallest absolute Gasteiger partial charge is 0.00205 e. The van der Waals surface area contributed by atoms with E-state index >= 15 is 0 Å². The Hall–Kier alpha value is -0.0800. The minimum absolute atomic E-state index is 0.815. The van der Waals surface area contributed by atoms with Crippen LogP contribution in [0.15, 0.2) is 0 Å². The van der Waals surface area contributed by atoms with Crippen molar-refractivity contribution in [1.29, 1.82) is 0 Å². The Morgan fingerprint density at radius 1 is 1.14 bits per heavy atom. The highest BCUT2D eigenvalue weighted by atomic mass is 14.9. The van der Waals surface area contributed by atoms with Gasteiger partial charge in [0.25, 0.3) is 0 Å². The van der Waals surface area contributed by atoms with E-state index in [0.29, 0.717) is 0 Å². The molecule has 1 saturated carbocycles. The predicted molar refractivity (Wildman–Crippen MR) is 62.3 cm³/mol. The van der Waals surface area contributed by atoms with Crippen LogP contribution >= 0.6 is 0 Å². The van der Waals surface area contributed by atoms with Crippen molar-refractivity contribution >= 4 is 0 Å². The molecule has 2 heteroatoms. The molecule has 14 heavy (non-hydrogen) atoms. The van der Waals surface area contributed by atoms with Gasteiger partial charge in [0.1, 0.15) is 0 Å². The van der Waals surface area contributed by atoms with Crippen molar-refractivity contribution in [1.82, 2.24) is 5.32 Å². The van der Waals surface area contributed by atoms with E-state index in [4.69, 9.17) is 5.73 Å². The summed E-state index contributed by atoms with van der Waals surface area (Å²) in [6, 6.07) is 0. The van der Waals surface area contributed by atoms with Gasteiger partial charge in [-0.3, -0.25) is 0 Å². The quantitative estimate of drug-likeness (QED) is 0.642. The van der Waals surface area contributed by atoms with E-state index in [1.54, 1.807) is 0 Å². The third kappa shape index (κ3) is 4.43. The first-order valence-electron chi connectivity index (χ1n) is 6.27. The van der Waals surface area contributed by atoms with Crippen LogP contribution in [0.1, 0.15) is 45.4 Å². The van der Waals surface area contributed by atoms with Crippen molar-refractivity contribution in [3.8, 4) is 0 Å². The zero-order valence-corrected chi connectivity index (χ0v) is 9.60. The Morgan fingerprint density at radius 2 is 1.79 bits per heavy atom. The van der Waals surface area contributed by atoms with Gasteiger partial charge in [0, 0.05) is 0 Å². The van der Waals surface area contributed by atoms with Crippen LogP contribution in [0, 0.1) is 11.8 Å². The summed E-state index contributed by atoms with van der Waals surface area (Å²) in [4.78, 5) is 0. The summed E-state index contributed by atoms with van der Waals surface area (Å²) in [6.45, 7) is 5.46. The zero-order valence-electron chi connectivity index (χ0n) is 9.60. The van der Waals surface area contributed by atoms with E-state index in [-0.39, 0.29) is 0 Å². The lowest BCUT2D eigenvalue weighted by molar-refractivity contribution is 0.263. The van der Waals surface area contributed by atoms with Crippen molar-refractivity contribution in [3.63, 3.8) is 0 Å². The molecule has 0 aromatic rings. The molecule has 1 aliphatic rings. The largest absolute Gasteiger partial charge is 0.330 e. The molecular weight excluding hydrogens is 172 g/mol. The first-order valence-corrected chi connectivity index (χ1v) is 6.27. The molecule has 1 fully saturated rings. The van der Waals surface area contributed by atoms with Gasteiger partial charge in [-0.05, 0) is 50.7 Å². The molecule has 0 aromatic heterocycles. The first-order chi connectivity index (χ1) is 6.86. The summed E-state index contributed by atoms with van der Waals surface area (Å²) in [5.74, 6) is 1.96. The minimum atomic E-state index is 0.815. The molecule has 0 bridgehead atoms. The van der Waals surface area contributed by atoms with Gasteiger partial charge in [-0.15, -0.1) is 0 Å². The molecule has 0 unspecified atom stereocenters. The fraction of sp³-hybridized carbons (Fsp3) is 1.00. The maximum atomic E-state index is 5.44. The summed E-state index contributed by atoms with van der Waals surface area (Å²) in [7, 11) is 0. The van der Waals surface area contributed by atoms with Crippen LogP contribution in [-0.2, 0) is 0 Å². The molecule has 0 aliphatic heterocycles. The Bertz CT molecular complexity index is 128. The summed E-state index contributed by atoms with van der Waals surface area (Å²) in [5.41, 5.74) is 5.44. The Labute approximate surface area is 88.6 Å². The number of nitrogens with one attached hydrogen (secondary N) is 1. The van der Waals surface area contributed by atoms with Crippen molar-refractivity contribution in [3.05, 3.63) is 0 Å². The number of hydrogen-bond acceptors (Lipinski definition) is 2. The monoisotopic (exact) mass is 198 g/mol. The maximum absolute atomic E-state index is 5.44.